The lowest BCUT2D eigenvalue weighted by Crippen LogP contribution is -2.29. The number of ether oxygens (including phenoxy) is 2. The highest BCUT2D eigenvalue weighted by atomic mass is 35.5. The van der Waals surface area contributed by atoms with E-state index in [9.17, 15) is 9.90 Å². The Morgan fingerprint density at radius 3 is 2.60 bits per heavy atom. The van der Waals surface area contributed by atoms with Gasteiger partial charge in [-0.05, 0) is 60.9 Å². The van der Waals surface area contributed by atoms with Crippen LogP contribution in [0, 0.1) is 0 Å². The molecule has 4 aromatic rings. The number of fused-ring (bicyclic) bond motifs is 1. The number of benzene rings is 3. The zero-order chi connectivity index (χ0) is 28.2. The topological polar surface area (TPSA) is 87.7 Å². The summed E-state index contributed by atoms with van der Waals surface area (Å²) in [6.45, 7) is 5.40. The van der Waals surface area contributed by atoms with E-state index in [2.05, 4.69) is 17.1 Å². The van der Waals surface area contributed by atoms with Crippen LogP contribution in [0.5, 0.6) is 17.2 Å². The third-order valence-electron chi connectivity index (χ3n) is 6.96. The van der Waals surface area contributed by atoms with Crippen LogP contribution < -0.4 is 9.47 Å². The maximum absolute atomic E-state index is 13.8. The summed E-state index contributed by atoms with van der Waals surface area (Å²) in [5, 5.41) is 19.1. The van der Waals surface area contributed by atoms with E-state index in [1.54, 1.807) is 23.1 Å². The number of aromatic amines is 1. The number of rotatable bonds is 11. The number of nitrogens with one attached hydrogen (secondary N) is 1. The van der Waals surface area contributed by atoms with Crippen molar-refractivity contribution >= 4 is 29.1 Å². The maximum Gasteiger partial charge on any atom is 0.273 e. The molecule has 0 saturated heterocycles. The summed E-state index contributed by atoms with van der Waals surface area (Å²) in [5.41, 5.74) is 3.51. The van der Waals surface area contributed by atoms with E-state index in [1.807, 2.05) is 43.3 Å². The molecule has 7 nitrogen and oxygen atoms in total. The van der Waals surface area contributed by atoms with Crippen LogP contribution in [0.2, 0.25) is 10.0 Å². The molecule has 3 aromatic carbocycles. The van der Waals surface area contributed by atoms with Crippen LogP contribution in [-0.4, -0.2) is 39.3 Å². The molecular formula is C31H31Cl2N3O4. The summed E-state index contributed by atoms with van der Waals surface area (Å²) >= 11 is 12.8. The van der Waals surface area contributed by atoms with Crippen molar-refractivity contribution in [1.29, 1.82) is 0 Å². The van der Waals surface area contributed by atoms with Gasteiger partial charge in [-0.3, -0.25) is 9.89 Å². The number of nitrogens with zero attached hydrogens (tertiary/aromatic N) is 2. The number of hydrogen-bond acceptors (Lipinski definition) is 5. The molecule has 5 rings (SSSR count). The molecule has 0 bridgehead atoms. The highest BCUT2D eigenvalue weighted by Gasteiger charge is 2.43. The summed E-state index contributed by atoms with van der Waals surface area (Å²) in [6.07, 6.45) is 3.15. The smallest absolute Gasteiger partial charge is 0.273 e. The van der Waals surface area contributed by atoms with Gasteiger partial charge in [0.05, 0.1) is 19.3 Å². The van der Waals surface area contributed by atoms with Gasteiger partial charge < -0.3 is 19.5 Å². The molecule has 1 aliphatic heterocycles. The van der Waals surface area contributed by atoms with Crippen LogP contribution in [0.1, 0.15) is 66.3 Å². The Kier molecular flexibility index (Phi) is 8.52. The minimum absolute atomic E-state index is 0.0142. The Morgan fingerprint density at radius 2 is 1.82 bits per heavy atom. The summed E-state index contributed by atoms with van der Waals surface area (Å²) in [7, 11) is 0. The first-order chi connectivity index (χ1) is 19.4. The molecule has 208 valence electrons. The summed E-state index contributed by atoms with van der Waals surface area (Å²) in [5.74, 6) is 1.05. The molecule has 0 aliphatic carbocycles. The largest absolute Gasteiger partial charge is 0.507 e. The van der Waals surface area contributed by atoms with Gasteiger partial charge in [0.15, 0.2) is 11.5 Å². The molecule has 1 amide bonds. The van der Waals surface area contributed by atoms with Gasteiger partial charge in [-0.15, -0.1) is 0 Å². The molecule has 1 atom stereocenters. The number of aromatic nitrogens is 2. The predicted molar refractivity (Wildman–Crippen MR) is 156 cm³/mol. The van der Waals surface area contributed by atoms with E-state index in [-0.39, 0.29) is 18.2 Å². The lowest BCUT2D eigenvalue weighted by Gasteiger charge is -2.27. The Morgan fingerprint density at radius 1 is 1.00 bits per heavy atom. The number of H-pyrrole nitrogens is 1. The summed E-state index contributed by atoms with van der Waals surface area (Å²) < 4.78 is 12.0. The number of halogens is 2. The predicted octanol–water partition coefficient (Wildman–Crippen LogP) is 7.80. The van der Waals surface area contributed by atoms with Crippen molar-refractivity contribution in [3.8, 4) is 28.5 Å². The number of amides is 1. The van der Waals surface area contributed by atoms with Gasteiger partial charge in [0.25, 0.3) is 5.91 Å². The van der Waals surface area contributed by atoms with Crippen molar-refractivity contribution in [3.05, 3.63) is 93.1 Å². The van der Waals surface area contributed by atoms with Gasteiger partial charge in [0.1, 0.15) is 17.1 Å². The molecule has 1 aliphatic rings. The van der Waals surface area contributed by atoms with Crippen LogP contribution in [0.15, 0.2) is 60.7 Å². The second-order valence-corrected chi connectivity index (χ2v) is 10.5. The fourth-order valence-electron chi connectivity index (χ4n) is 5.04. The van der Waals surface area contributed by atoms with Crippen molar-refractivity contribution < 1.29 is 19.4 Å². The van der Waals surface area contributed by atoms with Crippen molar-refractivity contribution in [1.82, 2.24) is 15.1 Å². The molecule has 1 aromatic heterocycles. The Balaban J connectivity index is 1.62. The molecule has 0 fully saturated rings. The van der Waals surface area contributed by atoms with E-state index in [4.69, 9.17) is 32.7 Å². The summed E-state index contributed by atoms with van der Waals surface area (Å²) in [6, 6.07) is 17.4. The van der Waals surface area contributed by atoms with E-state index in [0.717, 1.165) is 30.4 Å². The van der Waals surface area contributed by atoms with Gasteiger partial charge >= 0.3 is 0 Å². The number of phenols is 1. The molecule has 0 radical (unpaired) electrons. The number of hydrogen-bond donors (Lipinski definition) is 2. The highest BCUT2D eigenvalue weighted by molar-refractivity contribution is 6.31. The van der Waals surface area contributed by atoms with Gasteiger partial charge in [-0.2, -0.15) is 5.10 Å². The first-order valence-corrected chi connectivity index (χ1v) is 14.2. The van der Waals surface area contributed by atoms with Crippen molar-refractivity contribution in [2.24, 2.45) is 0 Å². The maximum atomic E-state index is 13.8. The fraction of sp³-hybridized carbons (Fsp3) is 0.290. The second-order valence-electron chi connectivity index (χ2n) is 9.64. The van der Waals surface area contributed by atoms with Crippen molar-refractivity contribution in [3.63, 3.8) is 0 Å². The molecule has 9 heteroatoms. The van der Waals surface area contributed by atoms with Crippen LogP contribution in [0.25, 0.3) is 11.3 Å². The third kappa shape index (κ3) is 5.49. The molecule has 0 spiro atoms. The Hall–Kier alpha value is -3.68. The Labute approximate surface area is 243 Å². The third-order valence-corrected chi connectivity index (χ3v) is 7.57. The van der Waals surface area contributed by atoms with Crippen molar-refractivity contribution in [2.75, 3.05) is 13.2 Å². The molecule has 2 heterocycles. The average molecular weight is 581 g/mol. The minimum atomic E-state index is -0.542. The number of carbonyl (C=O) groups is 1. The summed E-state index contributed by atoms with van der Waals surface area (Å²) in [4.78, 5) is 15.6. The fourth-order valence-corrected chi connectivity index (χ4v) is 5.40. The van der Waals surface area contributed by atoms with Gasteiger partial charge in [-0.1, -0.05) is 67.2 Å². The number of unbranched alkanes of at least 4 members (excludes halogenated alkanes) is 2. The number of carbonyl (C=O) groups excluding carboxylic acids is 1. The standard InChI is InChI=1S/C31H31Cl2N3O4/c1-3-5-8-15-40-25-14-11-19(16-26(25)39-4-2)30-27-28(22-17-21(32)12-13-24(22)37)34-35-29(27)31(38)36(30)18-20-9-6-7-10-23(20)33/h6-7,9-14,16-17,30,37H,3-5,8,15,18H2,1-2H3,(H,34,35). The minimum Gasteiger partial charge on any atom is -0.507 e. The number of phenolic OH excluding ortho intramolecular Hbond substituents is 1. The first-order valence-electron chi connectivity index (χ1n) is 13.4. The van der Waals surface area contributed by atoms with E-state index in [1.165, 1.54) is 6.07 Å². The second kappa shape index (κ2) is 12.2. The van der Waals surface area contributed by atoms with E-state index >= 15 is 0 Å². The molecule has 0 saturated carbocycles. The molecule has 1 unspecified atom stereocenters. The van der Waals surface area contributed by atoms with Crippen LogP contribution in [-0.2, 0) is 6.54 Å². The van der Waals surface area contributed by atoms with Crippen molar-refractivity contribution in [2.45, 2.75) is 45.7 Å². The first kappa shape index (κ1) is 27.9. The normalized spacial score (nSPS) is 14.4. The van der Waals surface area contributed by atoms with Crippen LogP contribution in [0.4, 0.5) is 0 Å². The molecular weight excluding hydrogens is 549 g/mol. The van der Waals surface area contributed by atoms with E-state index < -0.39 is 6.04 Å². The zero-order valence-electron chi connectivity index (χ0n) is 22.4. The Bertz CT molecular complexity index is 1520. The highest BCUT2D eigenvalue weighted by Crippen LogP contribution is 2.47. The average Bonchev–Trinajstić information content (AvgIpc) is 3.49. The number of aromatic hydroxyl groups is 1. The van der Waals surface area contributed by atoms with Gasteiger partial charge in [0.2, 0.25) is 0 Å². The quantitative estimate of drug-likeness (QED) is 0.177. The van der Waals surface area contributed by atoms with Gasteiger partial charge in [-0.25, -0.2) is 0 Å². The SMILES string of the molecule is CCCCCOc1ccc(C2c3c(-c4cc(Cl)ccc4O)n[nH]c3C(=O)N2Cc2ccccc2Cl)cc1OCC. The van der Waals surface area contributed by atoms with Crippen LogP contribution >= 0.6 is 23.2 Å². The lowest BCUT2D eigenvalue weighted by molar-refractivity contribution is 0.0730. The lowest BCUT2D eigenvalue weighted by atomic mass is 9.95. The van der Waals surface area contributed by atoms with E-state index in [0.29, 0.717) is 57.3 Å². The van der Waals surface area contributed by atoms with Crippen LogP contribution in [0.3, 0.4) is 0 Å². The zero-order valence-corrected chi connectivity index (χ0v) is 23.9. The molecule has 2 N–H and O–H groups in total. The molecule has 40 heavy (non-hydrogen) atoms. The monoisotopic (exact) mass is 579 g/mol. The van der Waals surface area contributed by atoms with Gasteiger partial charge in [0, 0.05) is 27.7 Å².